The van der Waals surface area contributed by atoms with Crippen molar-refractivity contribution in [1.82, 2.24) is 0 Å². The van der Waals surface area contributed by atoms with Crippen LogP contribution in [0.4, 0.5) is 0 Å². The monoisotopic (exact) mass is 272 g/mol. The highest BCUT2D eigenvalue weighted by atomic mass is 79.9. The Morgan fingerprint density at radius 3 is 2.67 bits per heavy atom. The maximum atomic E-state index is 11.5. The molecule has 1 aliphatic carbocycles. The summed E-state index contributed by atoms with van der Waals surface area (Å²) in [5.41, 5.74) is 0.748. The number of hydrogen-bond acceptors (Lipinski definition) is 2. The fourth-order valence-corrected chi connectivity index (χ4v) is 3.34. The lowest BCUT2D eigenvalue weighted by molar-refractivity contribution is -0.170. The van der Waals surface area contributed by atoms with Gasteiger partial charge in [-0.05, 0) is 38.5 Å². The maximum Gasteiger partial charge on any atom is 0.339 e. The van der Waals surface area contributed by atoms with Gasteiger partial charge in [0.2, 0.25) is 0 Å². The summed E-state index contributed by atoms with van der Waals surface area (Å²) in [6.45, 7) is 2.16. The number of carbonyl (C=O) groups is 1. The van der Waals surface area contributed by atoms with E-state index in [1.165, 1.54) is 12.8 Å². The fourth-order valence-electron chi connectivity index (χ4n) is 2.53. The van der Waals surface area contributed by atoms with Crippen molar-refractivity contribution in [2.75, 3.05) is 0 Å². The number of rotatable bonds is 3. The second kappa shape index (κ2) is 4.28. The van der Waals surface area contributed by atoms with Crippen LogP contribution in [0.1, 0.15) is 51.9 Å². The van der Waals surface area contributed by atoms with Gasteiger partial charge in [-0.3, -0.25) is 0 Å². The van der Waals surface area contributed by atoms with Gasteiger partial charge in [0.15, 0.2) is 0 Å². The molecule has 0 N–H and O–H groups in total. The average molecular weight is 273 g/mol. The number of esters is 1. The van der Waals surface area contributed by atoms with Crippen LogP contribution in [0.3, 0.4) is 0 Å². The van der Waals surface area contributed by atoms with Gasteiger partial charge in [-0.1, -0.05) is 29.3 Å². The maximum absolute atomic E-state index is 11.5. The highest BCUT2D eigenvalue weighted by molar-refractivity contribution is 9.11. The summed E-state index contributed by atoms with van der Waals surface area (Å²) >= 11 is 3.56. The zero-order chi connectivity index (χ0) is 10.9. The molecule has 0 aromatic carbocycles. The van der Waals surface area contributed by atoms with Gasteiger partial charge in [-0.25, -0.2) is 4.79 Å². The van der Waals surface area contributed by atoms with E-state index in [0.717, 1.165) is 42.2 Å². The highest BCUT2D eigenvalue weighted by Crippen LogP contribution is 2.49. The first kappa shape index (κ1) is 11.2. The van der Waals surface area contributed by atoms with Gasteiger partial charge in [0.1, 0.15) is 5.60 Å². The van der Waals surface area contributed by atoms with Crippen molar-refractivity contribution < 1.29 is 9.53 Å². The van der Waals surface area contributed by atoms with Gasteiger partial charge in [0, 0.05) is 4.48 Å². The minimum atomic E-state index is -0.191. The number of carbonyl (C=O) groups excluding carboxylic acids is 1. The van der Waals surface area contributed by atoms with E-state index >= 15 is 0 Å². The van der Waals surface area contributed by atoms with Crippen molar-refractivity contribution in [3.8, 4) is 0 Å². The highest BCUT2D eigenvalue weighted by Gasteiger charge is 2.54. The molecule has 0 aromatic heterocycles. The molecule has 0 amide bonds. The zero-order valence-electron chi connectivity index (χ0n) is 9.14. The Hall–Kier alpha value is -0.310. The quantitative estimate of drug-likeness (QED) is 0.579. The van der Waals surface area contributed by atoms with Crippen LogP contribution in [-0.4, -0.2) is 11.6 Å². The number of unbranched alkanes of at least 4 members (excludes halogenated alkanes) is 1. The summed E-state index contributed by atoms with van der Waals surface area (Å²) in [6.07, 6.45) is 7.68. The molecule has 0 bridgehead atoms. The summed E-state index contributed by atoms with van der Waals surface area (Å²) in [7, 11) is 0. The Kier molecular flexibility index (Phi) is 3.19. The molecule has 1 saturated carbocycles. The fraction of sp³-hybridized carbons (Fsp3) is 0.750. The number of hydrogen-bond donors (Lipinski definition) is 0. The van der Waals surface area contributed by atoms with Crippen molar-refractivity contribution in [1.29, 1.82) is 0 Å². The van der Waals surface area contributed by atoms with Gasteiger partial charge in [-0.15, -0.1) is 0 Å². The molecule has 2 rings (SSSR count). The first-order valence-corrected chi connectivity index (χ1v) is 6.61. The van der Waals surface area contributed by atoms with Gasteiger partial charge in [0.05, 0.1) is 5.57 Å². The summed E-state index contributed by atoms with van der Waals surface area (Å²) in [6, 6.07) is 0. The SMILES string of the molecule is CCCC/C(Br)=C1/C(=O)OC12CCCC2. The van der Waals surface area contributed by atoms with E-state index in [4.69, 9.17) is 4.74 Å². The molecule has 1 aliphatic heterocycles. The van der Waals surface area contributed by atoms with Crippen LogP contribution < -0.4 is 0 Å². The summed E-state index contributed by atoms with van der Waals surface area (Å²) in [4.78, 5) is 11.5. The molecule has 1 saturated heterocycles. The van der Waals surface area contributed by atoms with Gasteiger partial charge < -0.3 is 4.74 Å². The van der Waals surface area contributed by atoms with E-state index < -0.39 is 0 Å². The number of allylic oxidation sites excluding steroid dienone is 1. The predicted molar refractivity (Wildman–Crippen MR) is 62.8 cm³/mol. The Morgan fingerprint density at radius 2 is 2.13 bits per heavy atom. The molecular weight excluding hydrogens is 256 g/mol. The van der Waals surface area contributed by atoms with E-state index in [2.05, 4.69) is 22.9 Å². The number of ether oxygens (including phenoxy) is 1. The molecule has 15 heavy (non-hydrogen) atoms. The predicted octanol–water partition coefficient (Wildman–Crippen LogP) is 3.70. The van der Waals surface area contributed by atoms with Crippen molar-refractivity contribution in [3.63, 3.8) is 0 Å². The van der Waals surface area contributed by atoms with Crippen molar-refractivity contribution >= 4 is 21.9 Å². The van der Waals surface area contributed by atoms with Crippen LogP contribution in [0.25, 0.3) is 0 Å². The first-order chi connectivity index (χ1) is 7.19. The molecule has 0 aromatic rings. The first-order valence-electron chi connectivity index (χ1n) is 5.82. The molecule has 2 aliphatic rings. The van der Waals surface area contributed by atoms with Crippen LogP contribution in [0.15, 0.2) is 10.1 Å². The van der Waals surface area contributed by atoms with Crippen molar-refractivity contribution in [2.24, 2.45) is 0 Å². The molecule has 1 spiro atoms. The topological polar surface area (TPSA) is 26.3 Å². The van der Waals surface area contributed by atoms with Crippen molar-refractivity contribution in [2.45, 2.75) is 57.5 Å². The Labute approximate surface area is 99.2 Å². The van der Waals surface area contributed by atoms with Crippen LogP contribution in [0, 0.1) is 0 Å². The van der Waals surface area contributed by atoms with Gasteiger partial charge >= 0.3 is 5.97 Å². The van der Waals surface area contributed by atoms with Gasteiger partial charge in [0.25, 0.3) is 0 Å². The standard InChI is InChI=1S/C12H17BrO2/c1-2-3-6-9(13)10-11(14)15-12(10)7-4-5-8-12/h2-8H2,1H3/b10-9+. The molecule has 2 nitrogen and oxygen atoms in total. The van der Waals surface area contributed by atoms with Crippen LogP contribution in [-0.2, 0) is 9.53 Å². The molecule has 1 heterocycles. The third-order valence-corrected chi connectivity index (χ3v) is 4.17. The zero-order valence-corrected chi connectivity index (χ0v) is 10.7. The van der Waals surface area contributed by atoms with Crippen LogP contribution >= 0.6 is 15.9 Å². The third-order valence-electron chi connectivity index (χ3n) is 3.38. The van der Waals surface area contributed by atoms with Gasteiger partial charge in [-0.2, -0.15) is 0 Å². The summed E-state index contributed by atoms with van der Waals surface area (Å²) < 4.78 is 6.46. The second-order valence-electron chi connectivity index (χ2n) is 4.47. The lowest BCUT2D eigenvalue weighted by Crippen LogP contribution is -2.49. The van der Waals surface area contributed by atoms with Crippen molar-refractivity contribution in [3.05, 3.63) is 10.1 Å². The molecule has 0 radical (unpaired) electrons. The number of halogens is 1. The third kappa shape index (κ3) is 1.86. The van der Waals surface area contributed by atoms with E-state index in [1.807, 2.05) is 0 Å². The molecular formula is C12H17BrO2. The van der Waals surface area contributed by atoms with E-state index in [-0.39, 0.29) is 11.6 Å². The molecule has 84 valence electrons. The van der Waals surface area contributed by atoms with E-state index in [9.17, 15) is 4.79 Å². The Morgan fingerprint density at radius 1 is 1.47 bits per heavy atom. The lowest BCUT2D eigenvalue weighted by Gasteiger charge is -2.40. The summed E-state index contributed by atoms with van der Waals surface area (Å²) in [5, 5.41) is 0. The van der Waals surface area contributed by atoms with Crippen LogP contribution in [0.2, 0.25) is 0 Å². The van der Waals surface area contributed by atoms with E-state index in [0.29, 0.717) is 0 Å². The van der Waals surface area contributed by atoms with Crippen LogP contribution in [0.5, 0.6) is 0 Å². The normalized spacial score (nSPS) is 26.4. The average Bonchev–Trinajstić information content (AvgIpc) is 2.64. The molecule has 0 unspecified atom stereocenters. The molecule has 0 atom stereocenters. The smallest absolute Gasteiger partial charge is 0.339 e. The largest absolute Gasteiger partial charge is 0.450 e. The second-order valence-corrected chi connectivity index (χ2v) is 5.43. The molecule has 3 heteroatoms. The minimum Gasteiger partial charge on any atom is -0.450 e. The molecule has 2 fully saturated rings. The Balaban J connectivity index is 2.14. The summed E-state index contributed by atoms with van der Waals surface area (Å²) in [5.74, 6) is -0.0973. The minimum absolute atomic E-state index is 0.0973. The Bertz CT molecular complexity index is 301. The van der Waals surface area contributed by atoms with E-state index in [1.54, 1.807) is 0 Å². The lowest BCUT2D eigenvalue weighted by atomic mass is 9.85.